The number of rotatable bonds is 9. The van der Waals surface area contributed by atoms with Crippen molar-refractivity contribution in [3.63, 3.8) is 0 Å². The Morgan fingerprint density at radius 3 is 2.05 bits per heavy atom. The molecule has 0 unspecified atom stereocenters. The van der Waals surface area contributed by atoms with E-state index in [1.807, 2.05) is 23.1 Å². The highest BCUT2D eigenvalue weighted by Gasteiger charge is 2.15. The zero-order valence-corrected chi connectivity index (χ0v) is 14.1. The van der Waals surface area contributed by atoms with Crippen molar-refractivity contribution in [3.8, 4) is 0 Å². The highest BCUT2D eigenvalue weighted by atomic mass is 16.2. The number of unbranched alkanes of at least 4 members (excludes halogenated alkanes) is 1. The zero-order chi connectivity index (χ0) is 15.7. The van der Waals surface area contributed by atoms with Crippen molar-refractivity contribution in [1.82, 2.24) is 4.90 Å². The minimum absolute atomic E-state index is 0.315. The van der Waals surface area contributed by atoms with Crippen molar-refractivity contribution in [2.45, 2.75) is 53.5 Å². The first kappa shape index (κ1) is 17.7. The van der Waals surface area contributed by atoms with E-state index >= 15 is 0 Å². The van der Waals surface area contributed by atoms with Gasteiger partial charge in [0.25, 0.3) is 0 Å². The molecule has 0 atom stereocenters. The summed E-state index contributed by atoms with van der Waals surface area (Å²) in [7, 11) is 0. The molecule has 21 heavy (non-hydrogen) atoms. The number of hydrogen-bond donors (Lipinski definition) is 0. The first-order valence-electron chi connectivity index (χ1n) is 8.21. The van der Waals surface area contributed by atoms with Crippen molar-refractivity contribution in [2.75, 3.05) is 13.1 Å². The van der Waals surface area contributed by atoms with Gasteiger partial charge >= 0.3 is 0 Å². The van der Waals surface area contributed by atoms with Gasteiger partial charge in [0.15, 0.2) is 12.4 Å². The van der Waals surface area contributed by atoms with Crippen molar-refractivity contribution < 1.29 is 9.36 Å². The lowest BCUT2D eigenvalue weighted by atomic mass is 10.1. The number of aromatic nitrogens is 1. The van der Waals surface area contributed by atoms with Gasteiger partial charge in [-0.2, -0.15) is 0 Å². The molecule has 0 saturated heterocycles. The van der Waals surface area contributed by atoms with Gasteiger partial charge in [0.1, 0.15) is 6.54 Å². The number of amides is 1. The lowest BCUT2D eigenvalue weighted by molar-refractivity contribution is -0.697. The first-order valence-corrected chi connectivity index (χ1v) is 8.21. The molecule has 0 fully saturated rings. The summed E-state index contributed by atoms with van der Waals surface area (Å²) in [5, 5.41) is 0. The summed E-state index contributed by atoms with van der Waals surface area (Å²) < 4.78 is 2.17. The maximum Gasteiger partial charge on any atom is 0.222 e. The minimum Gasteiger partial charge on any atom is -0.342 e. The molecule has 0 aromatic carbocycles. The van der Waals surface area contributed by atoms with Crippen LogP contribution in [0.4, 0.5) is 0 Å². The van der Waals surface area contributed by atoms with Gasteiger partial charge in [0.2, 0.25) is 5.91 Å². The van der Waals surface area contributed by atoms with Crippen LogP contribution in [0.15, 0.2) is 30.6 Å². The van der Waals surface area contributed by atoms with Gasteiger partial charge in [-0.25, -0.2) is 4.57 Å². The molecule has 0 N–H and O–H groups in total. The second kappa shape index (κ2) is 9.54. The summed E-state index contributed by atoms with van der Waals surface area (Å²) in [5.74, 6) is 1.38. The summed E-state index contributed by atoms with van der Waals surface area (Å²) in [6.07, 6.45) is 6.84. The molecular formula is C18H31N2O+. The molecule has 0 radical (unpaired) electrons. The highest BCUT2D eigenvalue weighted by Crippen LogP contribution is 2.08. The van der Waals surface area contributed by atoms with Crippen molar-refractivity contribution in [3.05, 3.63) is 30.6 Å². The number of carbonyl (C=O) groups excluding carboxylic acids is 1. The second-order valence-corrected chi connectivity index (χ2v) is 6.66. The number of nitrogens with zero attached hydrogens (tertiary/aromatic N) is 2. The third kappa shape index (κ3) is 7.84. The van der Waals surface area contributed by atoms with E-state index in [1.165, 1.54) is 0 Å². The molecule has 0 spiro atoms. The SMILES string of the molecule is CC(C)CN(CC(C)C)C(=O)CCCC[n+]1ccccc1. The number of hydrogen-bond acceptors (Lipinski definition) is 1. The van der Waals surface area contributed by atoms with Gasteiger partial charge in [-0.1, -0.05) is 33.8 Å². The average Bonchev–Trinajstić information content (AvgIpc) is 2.43. The van der Waals surface area contributed by atoms with Crippen molar-refractivity contribution in [1.29, 1.82) is 0 Å². The van der Waals surface area contributed by atoms with Gasteiger partial charge in [0, 0.05) is 38.1 Å². The number of pyridine rings is 1. The van der Waals surface area contributed by atoms with E-state index in [-0.39, 0.29) is 0 Å². The van der Waals surface area contributed by atoms with Gasteiger partial charge in [0.05, 0.1) is 0 Å². The van der Waals surface area contributed by atoms with E-state index in [2.05, 4.69) is 44.7 Å². The van der Waals surface area contributed by atoms with E-state index in [4.69, 9.17) is 0 Å². The first-order chi connectivity index (χ1) is 9.99. The zero-order valence-electron chi connectivity index (χ0n) is 14.1. The van der Waals surface area contributed by atoms with Crippen LogP contribution in [-0.4, -0.2) is 23.9 Å². The molecule has 1 rings (SSSR count). The Labute approximate surface area is 130 Å². The largest absolute Gasteiger partial charge is 0.342 e. The normalized spacial score (nSPS) is 11.1. The Kier molecular flexibility index (Phi) is 8.03. The summed E-state index contributed by atoms with van der Waals surface area (Å²) >= 11 is 0. The maximum atomic E-state index is 12.3. The van der Waals surface area contributed by atoms with Crippen LogP contribution in [0.2, 0.25) is 0 Å². The van der Waals surface area contributed by atoms with E-state index in [0.717, 1.165) is 32.5 Å². The Morgan fingerprint density at radius 1 is 0.952 bits per heavy atom. The van der Waals surface area contributed by atoms with Crippen LogP contribution in [0.1, 0.15) is 47.0 Å². The molecular weight excluding hydrogens is 260 g/mol. The van der Waals surface area contributed by atoms with E-state index in [0.29, 0.717) is 24.2 Å². The maximum absolute atomic E-state index is 12.3. The van der Waals surface area contributed by atoms with Crippen LogP contribution in [0.25, 0.3) is 0 Å². The Hall–Kier alpha value is -1.38. The summed E-state index contributed by atoms with van der Waals surface area (Å²) in [6, 6.07) is 6.10. The molecule has 0 aliphatic carbocycles. The molecule has 1 amide bonds. The van der Waals surface area contributed by atoms with Crippen LogP contribution in [-0.2, 0) is 11.3 Å². The molecule has 3 nitrogen and oxygen atoms in total. The smallest absolute Gasteiger partial charge is 0.222 e. The molecule has 1 aromatic rings. The molecule has 1 aromatic heterocycles. The van der Waals surface area contributed by atoms with Crippen LogP contribution >= 0.6 is 0 Å². The van der Waals surface area contributed by atoms with Crippen LogP contribution in [0, 0.1) is 11.8 Å². The highest BCUT2D eigenvalue weighted by molar-refractivity contribution is 5.76. The topological polar surface area (TPSA) is 24.2 Å². The average molecular weight is 291 g/mol. The number of aryl methyl sites for hydroxylation is 1. The van der Waals surface area contributed by atoms with Crippen LogP contribution in [0.3, 0.4) is 0 Å². The summed E-state index contributed by atoms with van der Waals surface area (Å²) in [6.45, 7) is 11.4. The molecule has 118 valence electrons. The summed E-state index contributed by atoms with van der Waals surface area (Å²) in [4.78, 5) is 14.4. The molecule has 0 aliphatic rings. The van der Waals surface area contributed by atoms with Gasteiger partial charge < -0.3 is 4.90 Å². The van der Waals surface area contributed by atoms with Gasteiger partial charge in [-0.3, -0.25) is 4.79 Å². The van der Waals surface area contributed by atoms with E-state index in [1.54, 1.807) is 0 Å². The lowest BCUT2D eigenvalue weighted by Crippen LogP contribution is -2.37. The summed E-state index contributed by atoms with van der Waals surface area (Å²) in [5.41, 5.74) is 0. The van der Waals surface area contributed by atoms with Gasteiger partial charge in [-0.15, -0.1) is 0 Å². The fourth-order valence-corrected chi connectivity index (χ4v) is 2.47. The fourth-order valence-electron chi connectivity index (χ4n) is 2.47. The second-order valence-electron chi connectivity index (χ2n) is 6.66. The quantitative estimate of drug-likeness (QED) is 0.506. The number of carbonyl (C=O) groups is 1. The molecule has 0 bridgehead atoms. The third-order valence-electron chi connectivity index (χ3n) is 3.36. The monoisotopic (exact) mass is 291 g/mol. The molecule has 1 heterocycles. The van der Waals surface area contributed by atoms with Crippen molar-refractivity contribution in [2.24, 2.45) is 11.8 Å². The van der Waals surface area contributed by atoms with E-state index in [9.17, 15) is 4.79 Å². The lowest BCUT2D eigenvalue weighted by Gasteiger charge is -2.26. The Morgan fingerprint density at radius 2 is 1.52 bits per heavy atom. The van der Waals surface area contributed by atoms with Crippen LogP contribution in [0.5, 0.6) is 0 Å². The van der Waals surface area contributed by atoms with Crippen LogP contribution < -0.4 is 4.57 Å². The van der Waals surface area contributed by atoms with E-state index < -0.39 is 0 Å². The van der Waals surface area contributed by atoms with Gasteiger partial charge in [-0.05, 0) is 18.3 Å². The fraction of sp³-hybridized carbons (Fsp3) is 0.667. The third-order valence-corrected chi connectivity index (χ3v) is 3.36. The Balaban J connectivity index is 2.32. The minimum atomic E-state index is 0.315. The molecule has 0 aliphatic heterocycles. The standard InChI is InChI=1S/C18H31N2O/c1-16(2)14-20(15-17(3)4)18(21)10-6-9-13-19-11-7-5-8-12-19/h5,7-8,11-12,16-17H,6,9-10,13-15H2,1-4H3/q+1. The van der Waals surface area contributed by atoms with Crippen molar-refractivity contribution >= 4 is 5.91 Å². The molecule has 0 saturated carbocycles. The molecule has 3 heteroatoms. The predicted octanol–water partition coefficient (Wildman–Crippen LogP) is 3.29. The predicted molar refractivity (Wildman–Crippen MR) is 86.7 cm³/mol. The Bertz CT molecular complexity index is 391.